The molecule has 18 heavy (non-hydrogen) atoms. The van der Waals surface area contributed by atoms with E-state index >= 15 is 0 Å². The van der Waals surface area contributed by atoms with Gasteiger partial charge >= 0.3 is 0 Å². The van der Waals surface area contributed by atoms with Crippen LogP contribution < -0.4 is 5.32 Å². The number of rotatable bonds is 5. The Bertz CT molecular complexity index is 497. The summed E-state index contributed by atoms with van der Waals surface area (Å²) in [6.07, 6.45) is 4.47. The molecule has 2 aromatic rings. The fourth-order valence-electron chi connectivity index (χ4n) is 1.84. The van der Waals surface area contributed by atoms with Crippen LogP contribution in [0.3, 0.4) is 0 Å². The standard InChI is InChI=1S/C13H15Cl2N3/c1-2-13(17-7-10-6-16-8-18-10)9-3-4-11(14)12(15)5-9/h3-6,8,13,17H,2,7H2,1H3,(H,16,18). The molecule has 0 aliphatic heterocycles. The van der Waals surface area contributed by atoms with Gasteiger partial charge in [-0.15, -0.1) is 0 Å². The summed E-state index contributed by atoms with van der Waals surface area (Å²) < 4.78 is 0. The van der Waals surface area contributed by atoms with Crippen LogP contribution in [0.15, 0.2) is 30.7 Å². The van der Waals surface area contributed by atoms with Gasteiger partial charge in [-0.2, -0.15) is 0 Å². The number of hydrogen-bond donors (Lipinski definition) is 2. The zero-order chi connectivity index (χ0) is 13.0. The van der Waals surface area contributed by atoms with Crippen molar-refractivity contribution in [1.82, 2.24) is 15.3 Å². The van der Waals surface area contributed by atoms with Crippen LogP contribution in [0, 0.1) is 0 Å². The number of H-pyrrole nitrogens is 1. The zero-order valence-corrected chi connectivity index (χ0v) is 11.6. The van der Waals surface area contributed by atoms with Crippen molar-refractivity contribution in [3.63, 3.8) is 0 Å². The molecule has 0 saturated heterocycles. The Labute approximate surface area is 117 Å². The van der Waals surface area contributed by atoms with Crippen molar-refractivity contribution in [1.29, 1.82) is 0 Å². The van der Waals surface area contributed by atoms with E-state index in [0.717, 1.165) is 24.2 Å². The van der Waals surface area contributed by atoms with Crippen molar-refractivity contribution < 1.29 is 0 Å². The highest BCUT2D eigenvalue weighted by atomic mass is 35.5. The molecule has 0 amide bonds. The molecular formula is C13H15Cl2N3. The van der Waals surface area contributed by atoms with Crippen LogP contribution in [0.4, 0.5) is 0 Å². The molecule has 1 aromatic carbocycles. The lowest BCUT2D eigenvalue weighted by atomic mass is 10.0. The molecule has 0 aliphatic rings. The van der Waals surface area contributed by atoms with Gasteiger partial charge in [0.05, 0.1) is 16.4 Å². The van der Waals surface area contributed by atoms with Crippen molar-refractivity contribution in [2.45, 2.75) is 25.9 Å². The Balaban J connectivity index is 2.05. The first-order valence-corrected chi connectivity index (χ1v) is 6.62. The van der Waals surface area contributed by atoms with E-state index in [1.807, 2.05) is 24.4 Å². The van der Waals surface area contributed by atoms with Crippen molar-refractivity contribution in [3.8, 4) is 0 Å². The molecule has 1 unspecified atom stereocenters. The molecule has 0 saturated carbocycles. The maximum absolute atomic E-state index is 6.04. The molecule has 1 atom stereocenters. The summed E-state index contributed by atoms with van der Waals surface area (Å²) >= 11 is 12.0. The monoisotopic (exact) mass is 283 g/mol. The molecule has 96 valence electrons. The Kier molecular flexibility index (Phi) is 4.64. The first kappa shape index (κ1) is 13.4. The number of halogens is 2. The highest BCUT2D eigenvalue weighted by Crippen LogP contribution is 2.26. The van der Waals surface area contributed by atoms with E-state index in [1.54, 1.807) is 6.33 Å². The average Bonchev–Trinajstić information content (AvgIpc) is 2.87. The highest BCUT2D eigenvalue weighted by molar-refractivity contribution is 6.42. The summed E-state index contributed by atoms with van der Waals surface area (Å²) in [6.45, 7) is 2.88. The third-order valence-corrected chi connectivity index (χ3v) is 3.59. The van der Waals surface area contributed by atoms with Gasteiger partial charge in [-0.3, -0.25) is 0 Å². The van der Waals surface area contributed by atoms with Gasteiger partial charge in [-0.05, 0) is 24.1 Å². The van der Waals surface area contributed by atoms with E-state index in [0.29, 0.717) is 10.0 Å². The molecule has 1 aromatic heterocycles. The Morgan fingerprint density at radius 2 is 2.17 bits per heavy atom. The molecule has 0 spiro atoms. The maximum atomic E-state index is 6.04. The lowest BCUT2D eigenvalue weighted by Gasteiger charge is -2.17. The highest BCUT2D eigenvalue weighted by Gasteiger charge is 2.10. The summed E-state index contributed by atoms with van der Waals surface area (Å²) in [6, 6.07) is 6.00. The van der Waals surface area contributed by atoms with Gasteiger partial charge in [0.2, 0.25) is 0 Å². The second kappa shape index (κ2) is 6.23. The molecule has 0 fully saturated rings. The minimum absolute atomic E-state index is 0.253. The van der Waals surface area contributed by atoms with Crippen LogP contribution in [0.5, 0.6) is 0 Å². The maximum Gasteiger partial charge on any atom is 0.0922 e. The molecule has 0 radical (unpaired) electrons. The normalized spacial score (nSPS) is 12.6. The van der Waals surface area contributed by atoms with E-state index in [1.165, 1.54) is 0 Å². The minimum Gasteiger partial charge on any atom is -0.347 e. The first-order valence-electron chi connectivity index (χ1n) is 5.86. The van der Waals surface area contributed by atoms with Gasteiger partial charge in [0.25, 0.3) is 0 Å². The van der Waals surface area contributed by atoms with E-state index in [4.69, 9.17) is 23.2 Å². The number of nitrogens with zero attached hydrogens (tertiary/aromatic N) is 1. The molecule has 2 N–H and O–H groups in total. The van der Waals surface area contributed by atoms with Gasteiger partial charge in [0, 0.05) is 24.5 Å². The number of nitrogens with one attached hydrogen (secondary N) is 2. The van der Waals surface area contributed by atoms with Crippen LogP contribution in [0.1, 0.15) is 30.6 Å². The average molecular weight is 284 g/mol. The van der Waals surface area contributed by atoms with Gasteiger partial charge in [0.1, 0.15) is 0 Å². The van der Waals surface area contributed by atoms with Crippen LogP contribution >= 0.6 is 23.2 Å². The summed E-state index contributed by atoms with van der Waals surface area (Å²) in [7, 11) is 0. The van der Waals surface area contributed by atoms with Crippen molar-refractivity contribution in [3.05, 3.63) is 52.0 Å². The third-order valence-electron chi connectivity index (χ3n) is 2.85. The fraction of sp³-hybridized carbons (Fsp3) is 0.308. The van der Waals surface area contributed by atoms with Crippen molar-refractivity contribution >= 4 is 23.2 Å². The molecule has 3 nitrogen and oxygen atoms in total. The summed E-state index contributed by atoms with van der Waals surface area (Å²) in [4.78, 5) is 7.06. The largest absolute Gasteiger partial charge is 0.347 e. The third kappa shape index (κ3) is 3.25. The molecule has 1 heterocycles. The van der Waals surface area contributed by atoms with Crippen LogP contribution in [-0.2, 0) is 6.54 Å². The lowest BCUT2D eigenvalue weighted by Crippen LogP contribution is -2.20. The topological polar surface area (TPSA) is 40.7 Å². The second-order valence-electron chi connectivity index (χ2n) is 4.09. The Morgan fingerprint density at radius 3 is 2.78 bits per heavy atom. The molecule has 0 aliphatic carbocycles. The quantitative estimate of drug-likeness (QED) is 0.872. The predicted molar refractivity (Wildman–Crippen MR) is 74.9 cm³/mol. The Hall–Kier alpha value is -1.03. The smallest absolute Gasteiger partial charge is 0.0922 e. The van der Waals surface area contributed by atoms with Gasteiger partial charge in [-0.25, -0.2) is 4.98 Å². The number of imidazole rings is 1. The lowest BCUT2D eigenvalue weighted by molar-refractivity contribution is 0.515. The van der Waals surface area contributed by atoms with E-state index in [9.17, 15) is 0 Å². The van der Waals surface area contributed by atoms with E-state index < -0.39 is 0 Å². The van der Waals surface area contributed by atoms with Gasteiger partial charge < -0.3 is 10.3 Å². The van der Waals surface area contributed by atoms with Crippen LogP contribution in [-0.4, -0.2) is 9.97 Å². The zero-order valence-electron chi connectivity index (χ0n) is 10.1. The van der Waals surface area contributed by atoms with Crippen LogP contribution in [0.25, 0.3) is 0 Å². The first-order chi connectivity index (χ1) is 8.70. The number of hydrogen-bond acceptors (Lipinski definition) is 2. The van der Waals surface area contributed by atoms with E-state index in [2.05, 4.69) is 22.2 Å². The molecule has 0 bridgehead atoms. The number of aromatic nitrogens is 2. The number of aromatic amines is 1. The van der Waals surface area contributed by atoms with Crippen molar-refractivity contribution in [2.24, 2.45) is 0 Å². The van der Waals surface area contributed by atoms with Crippen LogP contribution in [0.2, 0.25) is 10.0 Å². The SMILES string of the molecule is CCC(NCc1cnc[nH]1)c1ccc(Cl)c(Cl)c1. The molecule has 2 rings (SSSR count). The second-order valence-corrected chi connectivity index (χ2v) is 4.91. The minimum atomic E-state index is 0.253. The molecule has 5 heteroatoms. The summed E-state index contributed by atoms with van der Waals surface area (Å²) in [5, 5.41) is 4.64. The van der Waals surface area contributed by atoms with Crippen molar-refractivity contribution in [2.75, 3.05) is 0 Å². The van der Waals surface area contributed by atoms with E-state index in [-0.39, 0.29) is 6.04 Å². The summed E-state index contributed by atoms with van der Waals surface area (Å²) in [5.41, 5.74) is 2.21. The number of benzene rings is 1. The fourth-order valence-corrected chi connectivity index (χ4v) is 2.15. The summed E-state index contributed by atoms with van der Waals surface area (Å²) in [5.74, 6) is 0. The van der Waals surface area contributed by atoms with Gasteiger partial charge in [0.15, 0.2) is 0 Å². The predicted octanol–water partition coefficient (Wildman–Crippen LogP) is 3.96. The van der Waals surface area contributed by atoms with Gasteiger partial charge in [-0.1, -0.05) is 36.2 Å². The Morgan fingerprint density at radius 1 is 1.33 bits per heavy atom. The molecular weight excluding hydrogens is 269 g/mol.